The number of carbonyl (C=O) groups is 1. The van der Waals surface area contributed by atoms with Crippen molar-refractivity contribution in [3.05, 3.63) is 17.7 Å². The van der Waals surface area contributed by atoms with Gasteiger partial charge < -0.3 is 25.1 Å². The average molecular weight is 253 g/mol. The molecule has 0 aliphatic carbocycles. The van der Waals surface area contributed by atoms with E-state index in [4.69, 9.17) is 25.1 Å². The third-order valence-electron chi connectivity index (χ3n) is 2.69. The van der Waals surface area contributed by atoms with Crippen LogP contribution in [0.2, 0.25) is 0 Å². The van der Waals surface area contributed by atoms with Gasteiger partial charge in [-0.25, -0.2) is 0 Å². The Morgan fingerprint density at radius 2 is 2.06 bits per heavy atom. The fourth-order valence-electron chi connectivity index (χ4n) is 1.85. The van der Waals surface area contributed by atoms with Crippen LogP contribution in [0.1, 0.15) is 18.0 Å². The number of benzene rings is 1. The van der Waals surface area contributed by atoms with Crippen molar-refractivity contribution in [2.45, 2.75) is 12.5 Å². The molecule has 1 aromatic carbocycles. The molecule has 0 radical (unpaired) electrons. The van der Waals surface area contributed by atoms with Crippen LogP contribution in [-0.2, 0) is 4.79 Å². The molecule has 1 aromatic rings. The summed E-state index contributed by atoms with van der Waals surface area (Å²) in [5, 5.41) is 8.77. The lowest BCUT2D eigenvalue weighted by Gasteiger charge is -2.22. The minimum absolute atomic E-state index is 0.171. The molecule has 0 amide bonds. The van der Waals surface area contributed by atoms with Crippen LogP contribution in [0.15, 0.2) is 12.1 Å². The van der Waals surface area contributed by atoms with E-state index in [0.717, 1.165) is 0 Å². The summed E-state index contributed by atoms with van der Waals surface area (Å²) in [6.45, 7) is 0.948. The van der Waals surface area contributed by atoms with Gasteiger partial charge in [-0.1, -0.05) is 0 Å². The van der Waals surface area contributed by atoms with Crippen molar-refractivity contribution in [1.29, 1.82) is 0 Å². The second-order valence-electron chi connectivity index (χ2n) is 3.94. The number of carboxylic acids is 1. The molecule has 1 heterocycles. The quantitative estimate of drug-likeness (QED) is 0.829. The minimum Gasteiger partial charge on any atom is -0.496 e. The lowest BCUT2D eigenvalue weighted by atomic mass is 10.0. The van der Waals surface area contributed by atoms with Crippen molar-refractivity contribution < 1.29 is 24.1 Å². The van der Waals surface area contributed by atoms with Gasteiger partial charge in [-0.15, -0.1) is 0 Å². The fraction of sp³-hybridized carbons (Fsp3) is 0.417. The van der Waals surface area contributed by atoms with E-state index in [1.165, 1.54) is 7.11 Å². The first kappa shape index (κ1) is 12.5. The molecule has 6 nitrogen and oxygen atoms in total. The highest BCUT2D eigenvalue weighted by atomic mass is 16.6. The van der Waals surface area contributed by atoms with Gasteiger partial charge in [0.15, 0.2) is 11.5 Å². The summed E-state index contributed by atoms with van der Waals surface area (Å²) in [7, 11) is 1.50. The van der Waals surface area contributed by atoms with Crippen molar-refractivity contribution in [3.63, 3.8) is 0 Å². The molecular weight excluding hydrogens is 238 g/mol. The number of methoxy groups -OCH3 is 1. The summed E-state index contributed by atoms with van der Waals surface area (Å²) in [5.41, 5.74) is 6.45. The number of carboxylic acid groups (broad SMARTS) is 1. The molecule has 18 heavy (non-hydrogen) atoms. The third-order valence-corrected chi connectivity index (χ3v) is 2.69. The summed E-state index contributed by atoms with van der Waals surface area (Å²) in [4.78, 5) is 10.7. The molecule has 1 unspecified atom stereocenters. The van der Waals surface area contributed by atoms with Crippen molar-refractivity contribution in [2.24, 2.45) is 5.73 Å². The Balaban J connectivity index is 2.35. The van der Waals surface area contributed by atoms with E-state index < -0.39 is 12.0 Å². The fourth-order valence-corrected chi connectivity index (χ4v) is 1.85. The Bertz CT molecular complexity index is 460. The van der Waals surface area contributed by atoms with Gasteiger partial charge in [0.05, 0.1) is 13.5 Å². The first-order valence-corrected chi connectivity index (χ1v) is 5.56. The zero-order valence-electron chi connectivity index (χ0n) is 10.0. The molecule has 3 N–H and O–H groups in total. The lowest BCUT2D eigenvalue weighted by molar-refractivity contribution is -0.137. The van der Waals surface area contributed by atoms with Crippen LogP contribution in [0.5, 0.6) is 17.2 Å². The van der Waals surface area contributed by atoms with Crippen LogP contribution in [0.25, 0.3) is 0 Å². The van der Waals surface area contributed by atoms with E-state index in [9.17, 15) is 4.79 Å². The Labute approximate surface area is 104 Å². The van der Waals surface area contributed by atoms with Gasteiger partial charge in [-0.05, 0) is 6.07 Å². The SMILES string of the molecule is COc1cc2c(cc1C(N)CC(=O)O)OCCO2. The number of ether oxygens (including phenoxy) is 3. The Kier molecular flexibility index (Phi) is 3.57. The van der Waals surface area contributed by atoms with Crippen LogP contribution in [-0.4, -0.2) is 31.4 Å². The monoisotopic (exact) mass is 253 g/mol. The predicted octanol–water partition coefficient (Wildman–Crippen LogP) is 0.941. The molecule has 0 spiro atoms. The predicted molar refractivity (Wildman–Crippen MR) is 63.2 cm³/mol. The van der Waals surface area contributed by atoms with Crippen LogP contribution in [0.3, 0.4) is 0 Å². The molecular formula is C12H15NO5. The van der Waals surface area contributed by atoms with Gasteiger partial charge in [-0.2, -0.15) is 0 Å². The molecule has 98 valence electrons. The number of rotatable bonds is 4. The maximum atomic E-state index is 10.7. The Morgan fingerprint density at radius 1 is 1.44 bits per heavy atom. The van der Waals surface area contributed by atoms with Crippen LogP contribution in [0, 0.1) is 0 Å². The van der Waals surface area contributed by atoms with Crippen LogP contribution < -0.4 is 19.9 Å². The summed E-state index contributed by atoms with van der Waals surface area (Å²) in [6, 6.07) is 2.71. The maximum Gasteiger partial charge on any atom is 0.305 e. The van der Waals surface area contributed by atoms with E-state index in [-0.39, 0.29) is 6.42 Å². The van der Waals surface area contributed by atoms with Gasteiger partial charge in [0, 0.05) is 17.7 Å². The highest BCUT2D eigenvalue weighted by molar-refractivity contribution is 5.68. The summed E-state index contributed by atoms with van der Waals surface area (Å²) < 4.78 is 16.1. The highest BCUT2D eigenvalue weighted by Gasteiger charge is 2.21. The zero-order valence-corrected chi connectivity index (χ0v) is 10.0. The molecule has 1 aliphatic heterocycles. The molecule has 0 bridgehead atoms. The number of fused-ring (bicyclic) bond motifs is 1. The molecule has 0 fully saturated rings. The largest absolute Gasteiger partial charge is 0.496 e. The molecule has 0 saturated carbocycles. The maximum absolute atomic E-state index is 10.7. The standard InChI is InChI=1S/C12H15NO5/c1-16-9-6-11-10(17-2-3-18-11)4-7(9)8(13)5-12(14)15/h4,6,8H,2-3,5,13H2,1H3,(H,14,15). The minimum atomic E-state index is -0.959. The third kappa shape index (κ3) is 2.48. The number of aliphatic carboxylic acids is 1. The van der Waals surface area contributed by atoms with E-state index in [0.29, 0.717) is 36.0 Å². The lowest BCUT2D eigenvalue weighted by Crippen LogP contribution is -2.19. The second-order valence-corrected chi connectivity index (χ2v) is 3.94. The normalized spacial score (nSPS) is 15.0. The van der Waals surface area contributed by atoms with E-state index >= 15 is 0 Å². The molecule has 2 rings (SSSR count). The summed E-state index contributed by atoms with van der Waals surface area (Å²) >= 11 is 0. The van der Waals surface area contributed by atoms with E-state index in [2.05, 4.69) is 0 Å². The van der Waals surface area contributed by atoms with Crippen molar-refractivity contribution >= 4 is 5.97 Å². The zero-order chi connectivity index (χ0) is 13.1. The Hall–Kier alpha value is -1.95. The number of hydrogen-bond acceptors (Lipinski definition) is 5. The van der Waals surface area contributed by atoms with Gasteiger partial charge in [0.25, 0.3) is 0 Å². The van der Waals surface area contributed by atoms with Crippen molar-refractivity contribution in [3.8, 4) is 17.2 Å². The first-order valence-electron chi connectivity index (χ1n) is 5.56. The molecule has 0 saturated heterocycles. The molecule has 1 atom stereocenters. The van der Waals surface area contributed by atoms with Gasteiger partial charge in [0.2, 0.25) is 0 Å². The van der Waals surface area contributed by atoms with E-state index in [1.807, 2.05) is 0 Å². The van der Waals surface area contributed by atoms with Gasteiger partial charge in [0.1, 0.15) is 19.0 Å². The van der Waals surface area contributed by atoms with Crippen molar-refractivity contribution in [1.82, 2.24) is 0 Å². The summed E-state index contributed by atoms with van der Waals surface area (Å²) in [6.07, 6.45) is -0.171. The molecule has 6 heteroatoms. The topological polar surface area (TPSA) is 91.0 Å². The average Bonchev–Trinajstić information content (AvgIpc) is 2.36. The first-order chi connectivity index (χ1) is 8.61. The smallest absolute Gasteiger partial charge is 0.305 e. The Morgan fingerprint density at radius 3 is 2.61 bits per heavy atom. The highest BCUT2D eigenvalue weighted by Crippen LogP contribution is 2.39. The van der Waals surface area contributed by atoms with Crippen LogP contribution >= 0.6 is 0 Å². The van der Waals surface area contributed by atoms with Crippen molar-refractivity contribution in [2.75, 3.05) is 20.3 Å². The molecule has 0 aromatic heterocycles. The summed E-state index contributed by atoms with van der Waals surface area (Å²) in [5.74, 6) is 0.703. The van der Waals surface area contributed by atoms with Gasteiger partial charge >= 0.3 is 5.97 Å². The molecule has 1 aliphatic rings. The van der Waals surface area contributed by atoms with Gasteiger partial charge in [-0.3, -0.25) is 4.79 Å². The number of hydrogen-bond donors (Lipinski definition) is 2. The number of nitrogens with two attached hydrogens (primary N) is 1. The second kappa shape index (κ2) is 5.14. The van der Waals surface area contributed by atoms with Crippen LogP contribution in [0.4, 0.5) is 0 Å². The van der Waals surface area contributed by atoms with E-state index in [1.54, 1.807) is 12.1 Å².